The average molecular weight is 396 g/mol. The van der Waals surface area contributed by atoms with Crippen molar-refractivity contribution >= 4 is 17.7 Å². The second-order valence-corrected chi connectivity index (χ2v) is 6.82. The molecule has 9 heteroatoms. The van der Waals surface area contributed by atoms with Gasteiger partial charge in [-0.25, -0.2) is 4.98 Å². The molecule has 0 bridgehead atoms. The highest BCUT2D eigenvalue weighted by atomic mass is 16.5. The largest absolute Gasteiger partial charge is 0.474 e. The molecule has 0 saturated carbocycles. The molecule has 1 fully saturated rings. The van der Waals surface area contributed by atoms with Crippen LogP contribution < -0.4 is 9.47 Å². The smallest absolute Gasteiger partial charge is 0.319 e. The van der Waals surface area contributed by atoms with Gasteiger partial charge in [0, 0.05) is 38.2 Å². The van der Waals surface area contributed by atoms with Crippen LogP contribution in [0.5, 0.6) is 11.9 Å². The molecule has 2 aliphatic rings. The molecule has 2 aliphatic heterocycles. The number of likely N-dealkylation sites (tertiary alicyclic amines) is 1. The number of imide groups is 1. The number of methoxy groups -OCH3 is 1. The van der Waals surface area contributed by atoms with Crippen molar-refractivity contribution in [3.8, 4) is 11.9 Å². The van der Waals surface area contributed by atoms with E-state index in [2.05, 4.69) is 9.97 Å². The summed E-state index contributed by atoms with van der Waals surface area (Å²) in [5.74, 6) is -0.668. The lowest BCUT2D eigenvalue weighted by Crippen LogP contribution is -2.47. The predicted molar refractivity (Wildman–Crippen MR) is 101 cm³/mol. The van der Waals surface area contributed by atoms with Gasteiger partial charge in [-0.1, -0.05) is 12.1 Å². The number of hydrogen-bond donors (Lipinski definition) is 0. The molecule has 0 aliphatic carbocycles. The van der Waals surface area contributed by atoms with E-state index in [9.17, 15) is 14.4 Å². The van der Waals surface area contributed by atoms with Gasteiger partial charge in [0.15, 0.2) is 0 Å². The molecule has 1 aromatic heterocycles. The fourth-order valence-corrected chi connectivity index (χ4v) is 3.50. The first-order chi connectivity index (χ1) is 14.1. The van der Waals surface area contributed by atoms with Crippen molar-refractivity contribution in [1.29, 1.82) is 0 Å². The van der Waals surface area contributed by atoms with Crippen LogP contribution in [-0.2, 0) is 4.79 Å². The standard InChI is InChI=1S/C20H20N4O5/c1-28-20-21-9-6-16(22-20)29-13-7-10-23(11-8-13)17(25)12-24-18(26)14-4-2-3-5-15(14)19(24)27/h2-6,9,13H,7-8,10-12H2,1H3. The van der Waals surface area contributed by atoms with E-state index in [1.165, 1.54) is 7.11 Å². The number of benzene rings is 1. The summed E-state index contributed by atoms with van der Waals surface area (Å²) in [5, 5.41) is 0. The summed E-state index contributed by atoms with van der Waals surface area (Å²) in [7, 11) is 1.48. The predicted octanol–water partition coefficient (Wildman–Crippen LogP) is 1.15. The minimum absolute atomic E-state index is 0.0852. The zero-order chi connectivity index (χ0) is 20.4. The third kappa shape index (κ3) is 3.75. The maximum atomic E-state index is 12.6. The molecule has 150 valence electrons. The number of fused-ring (bicyclic) bond motifs is 1. The van der Waals surface area contributed by atoms with Crippen molar-refractivity contribution in [3.05, 3.63) is 47.7 Å². The molecule has 1 aromatic carbocycles. The van der Waals surface area contributed by atoms with Gasteiger partial charge < -0.3 is 14.4 Å². The van der Waals surface area contributed by atoms with Crippen LogP contribution in [0.3, 0.4) is 0 Å². The minimum atomic E-state index is -0.421. The molecule has 3 heterocycles. The minimum Gasteiger partial charge on any atom is -0.474 e. The third-order valence-electron chi connectivity index (χ3n) is 5.04. The number of aromatic nitrogens is 2. The summed E-state index contributed by atoms with van der Waals surface area (Å²) < 4.78 is 10.8. The molecule has 0 atom stereocenters. The first-order valence-electron chi connectivity index (χ1n) is 9.33. The Morgan fingerprint density at radius 3 is 2.38 bits per heavy atom. The summed E-state index contributed by atoms with van der Waals surface area (Å²) >= 11 is 0. The van der Waals surface area contributed by atoms with Crippen LogP contribution >= 0.6 is 0 Å². The van der Waals surface area contributed by atoms with E-state index >= 15 is 0 Å². The van der Waals surface area contributed by atoms with Crippen LogP contribution in [-0.4, -0.2) is 70.3 Å². The zero-order valence-electron chi connectivity index (χ0n) is 15.9. The van der Waals surface area contributed by atoms with Gasteiger partial charge in [-0.05, 0) is 12.1 Å². The molecular formula is C20H20N4O5. The molecule has 9 nitrogen and oxygen atoms in total. The Kier molecular flexibility index (Phi) is 5.11. The van der Waals surface area contributed by atoms with E-state index in [0.29, 0.717) is 42.9 Å². The molecule has 3 amide bonds. The van der Waals surface area contributed by atoms with Gasteiger partial charge in [0.1, 0.15) is 12.6 Å². The molecule has 2 aromatic rings. The SMILES string of the molecule is COc1nccc(OC2CCN(C(=O)CN3C(=O)c4ccccc4C3=O)CC2)n1. The van der Waals surface area contributed by atoms with E-state index in [1.807, 2.05) is 0 Å². The van der Waals surface area contributed by atoms with E-state index < -0.39 is 11.8 Å². The normalized spacial score (nSPS) is 16.7. The Labute approximate surface area is 167 Å². The van der Waals surface area contributed by atoms with E-state index in [-0.39, 0.29) is 24.6 Å². The number of amides is 3. The van der Waals surface area contributed by atoms with Crippen molar-refractivity contribution in [2.24, 2.45) is 0 Å². The van der Waals surface area contributed by atoms with Crippen LogP contribution in [0.2, 0.25) is 0 Å². The Balaban J connectivity index is 1.32. The zero-order valence-corrected chi connectivity index (χ0v) is 15.9. The molecule has 4 rings (SSSR count). The molecule has 0 radical (unpaired) electrons. The third-order valence-corrected chi connectivity index (χ3v) is 5.04. The molecular weight excluding hydrogens is 376 g/mol. The van der Waals surface area contributed by atoms with Gasteiger partial charge >= 0.3 is 6.01 Å². The van der Waals surface area contributed by atoms with Gasteiger partial charge in [0.25, 0.3) is 11.8 Å². The number of carbonyl (C=O) groups is 3. The van der Waals surface area contributed by atoms with Crippen molar-refractivity contribution in [2.75, 3.05) is 26.7 Å². The summed E-state index contributed by atoms with van der Waals surface area (Å²) in [5.41, 5.74) is 0.690. The Hall–Kier alpha value is -3.49. The fourth-order valence-electron chi connectivity index (χ4n) is 3.50. The maximum absolute atomic E-state index is 12.6. The number of carbonyl (C=O) groups excluding carboxylic acids is 3. The number of piperidine rings is 1. The highest BCUT2D eigenvalue weighted by molar-refractivity contribution is 6.22. The number of ether oxygens (including phenoxy) is 2. The molecule has 0 N–H and O–H groups in total. The van der Waals surface area contributed by atoms with Gasteiger partial charge in [0.2, 0.25) is 11.8 Å². The van der Waals surface area contributed by atoms with Crippen LogP contribution in [0.4, 0.5) is 0 Å². The topological polar surface area (TPSA) is 102 Å². The van der Waals surface area contributed by atoms with Crippen molar-refractivity contribution in [2.45, 2.75) is 18.9 Å². The quantitative estimate of drug-likeness (QED) is 0.699. The summed E-state index contributed by atoms with van der Waals surface area (Å²) in [6.07, 6.45) is 2.72. The monoisotopic (exact) mass is 396 g/mol. The van der Waals surface area contributed by atoms with Crippen LogP contribution in [0, 0.1) is 0 Å². The lowest BCUT2D eigenvalue weighted by Gasteiger charge is -2.32. The van der Waals surface area contributed by atoms with Crippen LogP contribution in [0.1, 0.15) is 33.6 Å². The fraction of sp³-hybridized carbons (Fsp3) is 0.350. The van der Waals surface area contributed by atoms with Crippen LogP contribution in [0.15, 0.2) is 36.5 Å². The second-order valence-electron chi connectivity index (χ2n) is 6.82. The lowest BCUT2D eigenvalue weighted by atomic mass is 10.1. The lowest BCUT2D eigenvalue weighted by molar-refractivity contribution is -0.133. The number of hydrogen-bond acceptors (Lipinski definition) is 7. The molecule has 1 saturated heterocycles. The second kappa shape index (κ2) is 7.86. The first kappa shape index (κ1) is 18.9. The van der Waals surface area contributed by atoms with Crippen LogP contribution in [0.25, 0.3) is 0 Å². The Bertz CT molecular complexity index is 920. The summed E-state index contributed by atoms with van der Waals surface area (Å²) in [4.78, 5) is 48.2. The van der Waals surface area contributed by atoms with E-state index in [1.54, 1.807) is 41.4 Å². The van der Waals surface area contributed by atoms with E-state index in [0.717, 1.165) is 4.90 Å². The van der Waals surface area contributed by atoms with Gasteiger partial charge in [0.05, 0.1) is 18.2 Å². The van der Waals surface area contributed by atoms with Gasteiger partial charge in [-0.3, -0.25) is 19.3 Å². The highest BCUT2D eigenvalue weighted by Gasteiger charge is 2.37. The molecule has 0 unspecified atom stereocenters. The molecule has 0 spiro atoms. The summed E-state index contributed by atoms with van der Waals surface area (Å²) in [6, 6.07) is 8.50. The van der Waals surface area contributed by atoms with Crippen molar-refractivity contribution in [3.63, 3.8) is 0 Å². The molecule has 29 heavy (non-hydrogen) atoms. The van der Waals surface area contributed by atoms with Gasteiger partial charge in [-0.15, -0.1) is 0 Å². The van der Waals surface area contributed by atoms with E-state index in [4.69, 9.17) is 9.47 Å². The number of rotatable bonds is 5. The maximum Gasteiger partial charge on any atom is 0.319 e. The number of nitrogens with zero attached hydrogens (tertiary/aromatic N) is 4. The van der Waals surface area contributed by atoms with Crippen molar-refractivity contribution < 1.29 is 23.9 Å². The Morgan fingerprint density at radius 1 is 1.10 bits per heavy atom. The average Bonchev–Trinajstić information content (AvgIpc) is 2.99. The Morgan fingerprint density at radius 2 is 1.76 bits per heavy atom. The highest BCUT2D eigenvalue weighted by Crippen LogP contribution is 2.23. The summed E-state index contributed by atoms with van der Waals surface area (Å²) in [6.45, 7) is 0.713. The van der Waals surface area contributed by atoms with Crippen molar-refractivity contribution in [1.82, 2.24) is 19.8 Å². The van der Waals surface area contributed by atoms with Gasteiger partial charge in [-0.2, -0.15) is 4.98 Å². The first-order valence-corrected chi connectivity index (χ1v) is 9.33.